The van der Waals surface area contributed by atoms with Crippen molar-refractivity contribution in [3.63, 3.8) is 0 Å². The van der Waals surface area contributed by atoms with E-state index in [2.05, 4.69) is 196 Å². The quantitative estimate of drug-likeness (QED) is 0.158. The van der Waals surface area contributed by atoms with Crippen LogP contribution >= 0.6 is 0 Å². The lowest BCUT2D eigenvalue weighted by Gasteiger charge is -2.28. The van der Waals surface area contributed by atoms with E-state index < -0.39 is 0 Å². The molecule has 0 heterocycles. The molecule has 56 heavy (non-hydrogen) atoms. The van der Waals surface area contributed by atoms with E-state index in [1.54, 1.807) is 16.7 Å². The molecule has 1 nitrogen and oxygen atoms in total. The molecule has 0 N–H and O–H groups in total. The normalized spacial score (nSPS) is 13.7. The van der Waals surface area contributed by atoms with Gasteiger partial charge in [0.1, 0.15) is 0 Å². The minimum absolute atomic E-state index is 0.964. The first-order valence-electron chi connectivity index (χ1n) is 20.4. The van der Waals surface area contributed by atoms with Gasteiger partial charge in [0.15, 0.2) is 0 Å². The van der Waals surface area contributed by atoms with E-state index in [0.29, 0.717) is 0 Å². The fourth-order valence-corrected chi connectivity index (χ4v) is 9.27. The van der Waals surface area contributed by atoms with Crippen LogP contribution in [0.5, 0.6) is 0 Å². The van der Waals surface area contributed by atoms with Crippen molar-refractivity contribution in [2.24, 2.45) is 0 Å². The first-order valence-corrected chi connectivity index (χ1v) is 20.4. The number of benzene rings is 7. The number of aryl methyl sites for hydroxylation is 2. The van der Waals surface area contributed by atoms with Gasteiger partial charge in [-0.3, -0.25) is 0 Å². The molecule has 10 rings (SSSR count). The van der Waals surface area contributed by atoms with Crippen LogP contribution in [-0.4, -0.2) is 0 Å². The third-order valence-electron chi connectivity index (χ3n) is 12.0. The smallest absolute Gasteiger partial charge is 0.0503 e. The molecule has 1 heteroatoms. The van der Waals surface area contributed by atoms with E-state index in [1.165, 1.54) is 110 Å². The zero-order valence-corrected chi connectivity index (χ0v) is 32.9. The second-order valence-corrected chi connectivity index (χ2v) is 15.5. The van der Waals surface area contributed by atoms with Crippen molar-refractivity contribution in [2.75, 3.05) is 4.90 Å². The van der Waals surface area contributed by atoms with Gasteiger partial charge in [0, 0.05) is 17.8 Å². The monoisotopic (exact) mass is 723 g/mol. The summed E-state index contributed by atoms with van der Waals surface area (Å²) in [6.45, 7) is 6.75. The summed E-state index contributed by atoms with van der Waals surface area (Å²) < 4.78 is 0. The Labute approximate surface area is 333 Å². The summed E-state index contributed by atoms with van der Waals surface area (Å²) in [5.74, 6) is 0. The summed E-state index contributed by atoms with van der Waals surface area (Å²) in [5.41, 5.74) is 25.1. The number of fused-ring (bicyclic) bond motifs is 5. The van der Waals surface area contributed by atoms with Crippen LogP contribution in [0, 0.1) is 6.92 Å². The van der Waals surface area contributed by atoms with Crippen molar-refractivity contribution < 1.29 is 0 Å². The molecule has 3 aliphatic rings. The summed E-state index contributed by atoms with van der Waals surface area (Å²) in [6.07, 6.45) is 6.92. The SMILES string of the molecule is CCCc1ccccc1C1=C(C)C2=C(CC1)Cc1ccccc12.Cc1ccc(N(c2ccc(-c3ccccc3)cc2)c2cccc3c2Cc2ccccc2-3)cc1. The summed E-state index contributed by atoms with van der Waals surface area (Å²) in [7, 11) is 0. The lowest BCUT2D eigenvalue weighted by atomic mass is 9.81. The highest BCUT2D eigenvalue weighted by Gasteiger charge is 2.28. The van der Waals surface area contributed by atoms with Crippen LogP contribution in [0.4, 0.5) is 17.1 Å². The largest absolute Gasteiger partial charge is 0.310 e. The van der Waals surface area contributed by atoms with Crippen LogP contribution in [0.1, 0.15) is 72.1 Å². The Morgan fingerprint density at radius 3 is 1.80 bits per heavy atom. The molecule has 0 bridgehead atoms. The van der Waals surface area contributed by atoms with Crippen LogP contribution in [-0.2, 0) is 19.3 Å². The third kappa shape index (κ3) is 6.73. The maximum Gasteiger partial charge on any atom is 0.0503 e. The van der Waals surface area contributed by atoms with E-state index >= 15 is 0 Å². The van der Waals surface area contributed by atoms with Gasteiger partial charge in [0.25, 0.3) is 0 Å². The molecule has 0 aliphatic heterocycles. The maximum absolute atomic E-state index is 2.40. The predicted molar refractivity (Wildman–Crippen MR) is 239 cm³/mol. The highest BCUT2D eigenvalue weighted by Crippen LogP contribution is 2.48. The van der Waals surface area contributed by atoms with E-state index in [4.69, 9.17) is 0 Å². The number of nitrogens with zero attached hydrogens (tertiary/aromatic N) is 1. The Hall–Kier alpha value is -6.18. The summed E-state index contributed by atoms with van der Waals surface area (Å²) >= 11 is 0. The molecule has 0 atom stereocenters. The highest BCUT2D eigenvalue weighted by molar-refractivity contribution is 5.96. The van der Waals surface area contributed by atoms with Gasteiger partial charge in [0.05, 0.1) is 5.69 Å². The third-order valence-corrected chi connectivity index (χ3v) is 12.0. The summed E-state index contributed by atoms with van der Waals surface area (Å²) in [5, 5.41) is 0. The van der Waals surface area contributed by atoms with Gasteiger partial charge >= 0.3 is 0 Å². The minimum Gasteiger partial charge on any atom is -0.310 e. The molecule has 0 fully saturated rings. The Balaban J connectivity index is 0.000000156. The van der Waals surface area contributed by atoms with Crippen molar-refractivity contribution in [2.45, 2.75) is 59.3 Å². The summed E-state index contributed by atoms with van der Waals surface area (Å²) in [4.78, 5) is 2.40. The number of anilines is 3. The predicted octanol–water partition coefficient (Wildman–Crippen LogP) is 14.9. The van der Waals surface area contributed by atoms with Crippen LogP contribution in [0.3, 0.4) is 0 Å². The Bertz CT molecular complexity index is 2580. The van der Waals surface area contributed by atoms with Crippen molar-refractivity contribution in [1.82, 2.24) is 0 Å². The van der Waals surface area contributed by atoms with Gasteiger partial charge in [-0.05, 0) is 142 Å². The first-order chi connectivity index (χ1) is 27.6. The van der Waals surface area contributed by atoms with Gasteiger partial charge in [-0.15, -0.1) is 0 Å². The maximum atomic E-state index is 2.40. The number of hydrogen-bond donors (Lipinski definition) is 0. The lowest BCUT2D eigenvalue weighted by Crippen LogP contribution is -2.12. The van der Waals surface area contributed by atoms with Crippen LogP contribution in [0.2, 0.25) is 0 Å². The summed E-state index contributed by atoms with van der Waals surface area (Å²) in [6, 6.07) is 61.8. The second-order valence-electron chi connectivity index (χ2n) is 15.5. The topological polar surface area (TPSA) is 3.24 Å². The van der Waals surface area contributed by atoms with E-state index in [1.807, 2.05) is 0 Å². The molecule has 0 saturated heterocycles. The fraction of sp³-hybridized carbons (Fsp3) is 0.164. The highest BCUT2D eigenvalue weighted by atomic mass is 15.1. The molecule has 7 aromatic rings. The zero-order chi connectivity index (χ0) is 38.0. The van der Waals surface area contributed by atoms with Crippen molar-refractivity contribution in [3.8, 4) is 22.3 Å². The Morgan fingerprint density at radius 2 is 1.07 bits per heavy atom. The van der Waals surface area contributed by atoms with Crippen molar-refractivity contribution in [1.29, 1.82) is 0 Å². The zero-order valence-electron chi connectivity index (χ0n) is 32.9. The lowest BCUT2D eigenvalue weighted by molar-refractivity contribution is 0.904. The molecule has 0 radical (unpaired) electrons. The molecule has 0 unspecified atom stereocenters. The number of hydrogen-bond acceptors (Lipinski definition) is 1. The van der Waals surface area contributed by atoms with Gasteiger partial charge in [0.2, 0.25) is 0 Å². The van der Waals surface area contributed by atoms with Crippen LogP contribution < -0.4 is 4.90 Å². The van der Waals surface area contributed by atoms with Crippen molar-refractivity contribution in [3.05, 3.63) is 220 Å². The van der Waals surface area contributed by atoms with E-state index in [-0.39, 0.29) is 0 Å². The molecular formula is C55H49N. The molecule has 0 amide bonds. The molecular weight excluding hydrogens is 675 g/mol. The van der Waals surface area contributed by atoms with Crippen LogP contribution in [0.25, 0.3) is 33.4 Å². The van der Waals surface area contributed by atoms with Crippen LogP contribution in [0.15, 0.2) is 181 Å². The molecule has 0 spiro atoms. The van der Waals surface area contributed by atoms with Gasteiger partial charge in [-0.2, -0.15) is 0 Å². The van der Waals surface area contributed by atoms with Gasteiger partial charge in [-0.1, -0.05) is 164 Å². The minimum atomic E-state index is 0.964. The fourth-order valence-electron chi connectivity index (χ4n) is 9.27. The molecule has 7 aromatic carbocycles. The standard InChI is InChI=1S/C32H25N.C23H24/c1-23-14-18-27(19-15-23)33(28-20-16-25(17-21-28)24-8-3-2-4-9-24)32-13-7-12-30-29-11-6-5-10-26(29)22-31(30)32;1-3-8-17-9-4-6-11-21(17)20-14-13-19-15-18-10-5-7-12-22(18)23(19)16(20)2/h2-21H,22H2,1H3;4-7,9-12H,3,8,13-15H2,1-2H3. The first kappa shape index (κ1) is 35.5. The second kappa shape index (κ2) is 15.5. The number of rotatable bonds is 7. The number of allylic oxidation sites excluding steroid dienone is 4. The Morgan fingerprint density at radius 1 is 0.482 bits per heavy atom. The molecule has 274 valence electrons. The Kier molecular flexibility index (Phi) is 9.84. The van der Waals surface area contributed by atoms with Gasteiger partial charge in [-0.25, -0.2) is 0 Å². The average Bonchev–Trinajstić information content (AvgIpc) is 3.83. The van der Waals surface area contributed by atoms with Gasteiger partial charge < -0.3 is 4.90 Å². The average molecular weight is 724 g/mol. The van der Waals surface area contributed by atoms with Crippen molar-refractivity contribution >= 4 is 28.2 Å². The van der Waals surface area contributed by atoms with E-state index in [9.17, 15) is 0 Å². The molecule has 0 saturated carbocycles. The molecule has 3 aliphatic carbocycles. The molecule has 0 aromatic heterocycles. The van der Waals surface area contributed by atoms with E-state index in [0.717, 1.165) is 12.8 Å².